The summed E-state index contributed by atoms with van der Waals surface area (Å²) < 4.78 is 44.9. The minimum Gasteiger partial charge on any atom is -0.432 e. The fraction of sp³-hybridized carbons (Fsp3) is 0.833. The van der Waals surface area contributed by atoms with E-state index in [9.17, 15) is 9.36 Å². The van der Waals surface area contributed by atoms with Crippen molar-refractivity contribution in [1.29, 1.82) is 0 Å². The van der Waals surface area contributed by atoms with Crippen LogP contribution in [0.1, 0.15) is 67.2 Å². The second kappa shape index (κ2) is 14.3. The molecule has 160 valence electrons. The quantitative estimate of drug-likeness (QED) is 0.116. The lowest BCUT2D eigenvalue weighted by Crippen LogP contribution is -2.23. The van der Waals surface area contributed by atoms with E-state index >= 15 is 0 Å². The number of phosphoric acid groups is 1. The number of hydrogen-bond donors (Lipinski definition) is 0. The number of hydrogen-bond acceptors (Lipinski definition) is 8. The molecule has 0 aromatic heterocycles. The van der Waals surface area contributed by atoms with Gasteiger partial charge >= 0.3 is 13.8 Å². The van der Waals surface area contributed by atoms with Gasteiger partial charge in [0.15, 0.2) is 12.6 Å². The molecule has 0 bridgehead atoms. The van der Waals surface area contributed by atoms with Crippen LogP contribution < -0.4 is 0 Å². The number of esters is 1. The van der Waals surface area contributed by atoms with Crippen molar-refractivity contribution in [1.82, 2.24) is 0 Å². The third kappa shape index (κ3) is 13.1. The molecule has 0 saturated carbocycles. The smallest absolute Gasteiger partial charge is 0.432 e. The molecule has 0 aliphatic carbocycles. The van der Waals surface area contributed by atoms with Crippen LogP contribution in [0.2, 0.25) is 0 Å². The summed E-state index contributed by atoms with van der Waals surface area (Å²) in [7, 11) is -4.13. The topological polar surface area (TPSA) is 89.5 Å². The van der Waals surface area contributed by atoms with Crippen molar-refractivity contribution in [2.24, 2.45) is 0 Å². The first-order chi connectivity index (χ1) is 12.6. The highest BCUT2D eigenvalue weighted by Crippen LogP contribution is 2.53. The molecule has 0 radical (unpaired) electrons. The first-order valence-electron chi connectivity index (χ1n) is 9.38. The van der Waals surface area contributed by atoms with Crippen molar-refractivity contribution in [3.05, 3.63) is 12.2 Å². The molecule has 0 aliphatic heterocycles. The molecule has 0 rings (SSSR count). The second-order valence-corrected chi connectivity index (χ2v) is 7.63. The highest BCUT2D eigenvalue weighted by Gasteiger charge is 2.35. The predicted octanol–water partition coefficient (Wildman–Crippen LogP) is 4.94. The van der Waals surface area contributed by atoms with Gasteiger partial charge in [0.2, 0.25) is 6.29 Å². The number of rotatable bonds is 16. The van der Waals surface area contributed by atoms with E-state index in [1.165, 1.54) is 13.8 Å². The Morgan fingerprint density at radius 2 is 1.30 bits per heavy atom. The summed E-state index contributed by atoms with van der Waals surface area (Å²) in [5.41, 5.74) is 0.189. The van der Waals surface area contributed by atoms with Crippen molar-refractivity contribution >= 4 is 13.8 Å². The van der Waals surface area contributed by atoms with Gasteiger partial charge in [0.25, 0.3) is 0 Å². The molecule has 0 aromatic carbocycles. The first kappa shape index (κ1) is 26.2. The molecule has 0 N–H and O–H groups in total. The highest BCUT2D eigenvalue weighted by molar-refractivity contribution is 7.48. The number of unbranched alkanes of at least 4 members (excludes halogenated alkanes) is 2. The normalized spacial score (nSPS) is 17.0. The lowest BCUT2D eigenvalue weighted by Gasteiger charge is -2.26. The summed E-state index contributed by atoms with van der Waals surface area (Å²) in [6.45, 7) is 14.5. The fourth-order valence-corrected chi connectivity index (χ4v) is 3.15. The third-order valence-electron chi connectivity index (χ3n) is 3.15. The Morgan fingerprint density at radius 1 is 0.889 bits per heavy atom. The van der Waals surface area contributed by atoms with E-state index in [-0.39, 0.29) is 5.57 Å². The zero-order valence-corrected chi connectivity index (χ0v) is 18.3. The maximum atomic E-state index is 13.0. The summed E-state index contributed by atoms with van der Waals surface area (Å²) in [6, 6.07) is 0. The van der Waals surface area contributed by atoms with Gasteiger partial charge in [0.05, 0.1) is 0 Å². The summed E-state index contributed by atoms with van der Waals surface area (Å²) in [5, 5.41) is 0. The molecule has 9 heteroatoms. The van der Waals surface area contributed by atoms with Gasteiger partial charge in [-0.15, -0.1) is 0 Å². The van der Waals surface area contributed by atoms with Crippen LogP contribution in [0.5, 0.6) is 0 Å². The highest BCUT2D eigenvalue weighted by atomic mass is 31.2. The molecule has 27 heavy (non-hydrogen) atoms. The average Bonchev–Trinajstić information content (AvgIpc) is 2.54. The van der Waals surface area contributed by atoms with Crippen LogP contribution in [0.15, 0.2) is 12.2 Å². The fourth-order valence-electron chi connectivity index (χ4n) is 1.74. The molecule has 0 fully saturated rings. The van der Waals surface area contributed by atoms with Gasteiger partial charge in [-0.25, -0.2) is 13.9 Å². The molecule has 8 nitrogen and oxygen atoms in total. The summed E-state index contributed by atoms with van der Waals surface area (Å²) >= 11 is 0. The van der Waals surface area contributed by atoms with Crippen molar-refractivity contribution in [2.45, 2.75) is 86.1 Å². The molecule has 0 saturated heterocycles. The predicted molar refractivity (Wildman–Crippen MR) is 102 cm³/mol. The zero-order valence-electron chi connectivity index (χ0n) is 17.4. The lowest BCUT2D eigenvalue weighted by atomic mass is 10.4. The maximum Gasteiger partial charge on any atom is 0.482 e. The Kier molecular flexibility index (Phi) is 13.9. The van der Waals surface area contributed by atoms with Crippen LogP contribution in [-0.2, 0) is 37.1 Å². The van der Waals surface area contributed by atoms with Gasteiger partial charge in [-0.1, -0.05) is 33.3 Å². The van der Waals surface area contributed by atoms with Gasteiger partial charge in [-0.2, -0.15) is 0 Å². The minimum atomic E-state index is -4.13. The van der Waals surface area contributed by atoms with Crippen molar-refractivity contribution in [2.75, 3.05) is 13.2 Å². The average molecular weight is 410 g/mol. The van der Waals surface area contributed by atoms with Crippen molar-refractivity contribution < 1.29 is 37.1 Å². The molecule has 0 amide bonds. The zero-order chi connectivity index (χ0) is 20.9. The summed E-state index contributed by atoms with van der Waals surface area (Å²) in [5.74, 6) is -0.673. The molecule has 0 aliphatic rings. The Balaban J connectivity index is 4.92. The number of carbonyl (C=O) groups is 1. The van der Waals surface area contributed by atoms with Crippen molar-refractivity contribution in [3.63, 3.8) is 0 Å². The SMILES string of the molecule is C=C(C)C(=O)OC(C)OP(=O)(OC(C)OCCCC)OC(C)OCCCC. The summed E-state index contributed by atoms with van der Waals surface area (Å²) in [4.78, 5) is 11.6. The van der Waals surface area contributed by atoms with Crippen LogP contribution in [0.3, 0.4) is 0 Å². The van der Waals surface area contributed by atoms with E-state index in [1.807, 2.05) is 13.8 Å². The van der Waals surface area contributed by atoms with E-state index in [4.69, 9.17) is 27.8 Å². The van der Waals surface area contributed by atoms with Gasteiger partial charge in [-0.05, 0) is 40.5 Å². The third-order valence-corrected chi connectivity index (χ3v) is 4.82. The second-order valence-electron chi connectivity index (χ2n) is 6.10. The molecule has 3 atom stereocenters. The molecule has 0 spiro atoms. The molecule has 0 heterocycles. The molecular formula is C18H35O8P. The van der Waals surface area contributed by atoms with Gasteiger partial charge < -0.3 is 14.2 Å². The van der Waals surface area contributed by atoms with Crippen LogP contribution in [0.4, 0.5) is 0 Å². The van der Waals surface area contributed by atoms with Gasteiger partial charge in [0, 0.05) is 18.8 Å². The van der Waals surface area contributed by atoms with Crippen LogP contribution in [0, 0.1) is 0 Å². The number of carbonyl (C=O) groups excluding carboxylic acids is 1. The Morgan fingerprint density at radius 3 is 1.67 bits per heavy atom. The van der Waals surface area contributed by atoms with Crippen LogP contribution >= 0.6 is 7.82 Å². The van der Waals surface area contributed by atoms with Crippen LogP contribution in [0.25, 0.3) is 0 Å². The van der Waals surface area contributed by atoms with E-state index in [0.717, 1.165) is 25.7 Å². The summed E-state index contributed by atoms with van der Waals surface area (Å²) in [6.07, 6.45) is 0.724. The molecular weight excluding hydrogens is 375 g/mol. The molecule has 3 unspecified atom stereocenters. The Labute approximate surface area is 163 Å². The van der Waals surface area contributed by atoms with Crippen molar-refractivity contribution in [3.8, 4) is 0 Å². The van der Waals surface area contributed by atoms with E-state index in [2.05, 4.69) is 6.58 Å². The molecule has 0 aromatic rings. The van der Waals surface area contributed by atoms with E-state index < -0.39 is 32.7 Å². The first-order valence-corrected chi connectivity index (χ1v) is 10.8. The number of phosphoric ester groups is 1. The Hall–Kier alpha value is -0.760. The van der Waals surface area contributed by atoms with Gasteiger partial charge in [0.1, 0.15) is 0 Å². The van der Waals surface area contributed by atoms with Crippen LogP contribution in [-0.4, -0.2) is 38.1 Å². The monoisotopic (exact) mass is 410 g/mol. The van der Waals surface area contributed by atoms with E-state index in [0.29, 0.717) is 13.2 Å². The number of ether oxygens (including phenoxy) is 3. The Bertz CT molecular complexity index is 460. The standard InChI is InChI=1S/C18H35O8P/c1-8-10-12-21-15(5)24-27(20,25-16(6)22-13-11-9-2)26-17(7)23-18(19)14(3)4/h15-17H,3,8-13H2,1-2,4-7H3. The minimum absolute atomic E-state index is 0.189. The van der Waals surface area contributed by atoms with Gasteiger partial charge in [-0.3, -0.25) is 9.05 Å². The van der Waals surface area contributed by atoms with E-state index in [1.54, 1.807) is 13.8 Å². The lowest BCUT2D eigenvalue weighted by molar-refractivity contribution is -0.167. The maximum absolute atomic E-state index is 13.0. The largest absolute Gasteiger partial charge is 0.482 e.